The van der Waals surface area contributed by atoms with E-state index in [4.69, 9.17) is 0 Å². The summed E-state index contributed by atoms with van der Waals surface area (Å²) in [6.07, 6.45) is 5.16. The van der Waals surface area contributed by atoms with Crippen molar-refractivity contribution in [1.29, 1.82) is 0 Å². The molecule has 0 aliphatic carbocycles. The van der Waals surface area contributed by atoms with E-state index in [1.54, 1.807) is 19.2 Å². The first-order valence-corrected chi connectivity index (χ1v) is 11.5. The van der Waals surface area contributed by atoms with Crippen LogP contribution in [-0.4, -0.2) is 27.3 Å². The van der Waals surface area contributed by atoms with Crippen LogP contribution in [0.2, 0.25) is 0 Å². The number of halogens is 1. The first-order valence-electron chi connectivity index (χ1n) is 10.6. The van der Waals surface area contributed by atoms with Gasteiger partial charge in [0.15, 0.2) is 5.16 Å². The van der Waals surface area contributed by atoms with Crippen molar-refractivity contribution in [2.24, 2.45) is 7.05 Å². The fraction of sp³-hybridized carbons (Fsp3) is 0.522. The number of aryl methyl sites for hydroxylation is 1. The second kappa shape index (κ2) is 11.9. The van der Waals surface area contributed by atoms with Crippen molar-refractivity contribution in [1.82, 2.24) is 14.9 Å². The smallest absolute Gasteiger partial charge is 0.257 e. The molecule has 1 N–H and O–H groups in total. The predicted molar refractivity (Wildman–Crippen MR) is 121 cm³/mol. The summed E-state index contributed by atoms with van der Waals surface area (Å²) in [5.74, 6) is -0.302. The summed E-state index contributed by atoms with van der Waals surface area (Å²) >= 11 is 1.35. The molecule has 0 aliphatic rings. The Morgan fingerprint density at radius 2 is 1.90 bits per heavy atom. The number of aromatic nitrogens is 2. The molecule has 0 fully saturated rings. The van der Waals surface area contributed by atoms with Crippen molar-refractivity contribution in [2.45, 2.75) is 69.7 Å². The lowest BCUT2D eigenvalue weighted by molar-refractivity contribution is -0.120. The zero-order valence-corrected chi connectivity index (χ0v) is 19.2. The summed E-state index contributed by atoms with van der Waals surface area (Å²) in [7, 11) is 1.69. The van der Waals surface area contributed by atoms with Crippen LogP contribution in [0.5, 0.6) is 0 Å². The van der Waals surface area contributed by atoms with E-state index in [0.717, 1.165) is 37.7 Å². The molecule has 0 radical (unpaired) electrons. The molecule has 1 aromatic heterocycles. The normalized spacial score (nSPS) is 12.0. The molecule has 0 bridgehead atoms. The molecule has 2 rings (SSSR count). The Hall–Kier alpha value is -2.15. The highest BCUT2D eigenvalue weighted by Crippen LogP contribution is 2.25. The van der Waals surface area contributed by atoms with Gasteiger partial charge in [-0.2, -0.15) is 0 Å². The average Bonchev–Trinajstić information content (AvgIpc) is 2.73. The standard InChI is InChI=1S/C23H32FN3O2S/c1-5-7-8-14-25-21(28)20(9-6-2)30-23-26-16(3)19(22(29)27(23)4)15-17-10-12-18(24)13-11-17/h10-13,20H,5-9,14-15H2,1-4H3,(H,25,28). The molecule has 0 saturated heterocycles. The van der Waals surface area contributed by atoms with Crippen molar-refractivity contribution in [3.8, 4) is 0 Å². The maximum Gasteiger partial charge on any atom is 0.257 e. The van der Waals surface area contributed by atoms with E-state index in [0.29, 0.717) is 29.4 Å². The fourth-order valence-electron chi connectivity index (χ4n) is 3.18. The molecule has 30 heavy (non-hydrogen) atoms. The number of hydrogen-bond donors (Lipinski definition) is 1. The van der Waals surface area contributed by atoms with Crippen LogP contribution in [0.15, 0.2) is 34.2 Å². The number of carbonyl (C=O) groups excluding carboxylic acids is 1. The van der Waals surface area contributed by atoms with Crippen LogP contribution in [0.1, 0.15) is 62.8 Å². The van der Waals surface area contributed by atoms with Gasteiger partial charge in [-0.3, -0.25) is 14.2 Å². The predicted octanol–water partition coefficient (Wildman–Crippen LogP) is 4.39. The van der Waals surface area contributed by atoms with Gasteiger partial charge in [-0.15, -0.1) is 0 Å². The van der Waals surface area contributed by atoms with Gasteiger partial charge in [-0.1, -0.05) is 57.0 Å². The minimum Gasteiger partial charge on any atom is -0.355 e. The van der Waals surface area contributed by atoms with Gasteiger partial charge in [-0.05, 0) is 37.5 Å². The minimum atomic E-state index is -0.303. The first kappa shape index (κ1) is 24.1. The number of nitrogens with one attached hydrogen (secondary N) is 1. The van der Waals surface area contributed by atoms with E-state index in [1.807, 2.05) is 13.8 Å². The van der Waals surface area contributed by atoms with Crippen molar-refractivity contribution in [2.75, 3.05) is 6.54 Å². The van der Waals surface area contributed by atoms with Crippen LogP contribution < -0.4 is 10.9 Å². The van der Waals surface area contributed by atoms with E-state index in [1.165, 1.54) is 28.5 Å². The van der Waals surface area contributed by atoms with Crippen LogP contribution in [-0.2, 0) is 18.3 Å². The summed E-state index contributed by atoms with van der Waals surface area (Å²) in [6.45, 7) is 6.66. The molecular formula is C23H32FN3O2S. The maximum atomic E-state index is 13.2. The molecule has 0 spiro atoms. The van der Waals surface area contributed by atoms with Gasteiger partial charge in [0.1, 0.15) is 5.82 Å². The number of amides is 1. The van der Waals surface area contributed by atoms with Gasteiger partial charge in [-0.25, -0.2) is 9.37 Å². The fourth-order valence-corrected chi connectivity index (χ4v) is 4.41. The number of carbonyl (C=O) groups is 1. The SMILES string of the molecule is CCCCCNC(=O)C(CCC)Sc1nc(C)c(Cc2ccc(F)cc2)c(=O)n1C. The Balaban J connectivity index is 2.18. The molecule has 0 saturated carbocycles. The maximum absolute atomic E-state index is 13.2. The molecule has 1 atom stereocenters. The number of thioether (sulfide) groups is 1. The van der Waals surface area contributed by atoms with Crippen molar-refractivity contribution in [3.05, 3.63) is 57.3 Å². The third-order valence-corrected chi connectivity index (χ3v) is 6.32. The Morgan fingerprint density at radius 3 is 2.53 bits per heavy atom. The van der Waals surface area contributed by atoms with E-state index in [9.17, 15) is 14.0 Å². The van der Waals surface area contributed by atoms with Crippen LogP contribution in [0.25, 0.3) is 0 Å². The summed E-state index contributed by atoms with van der Waals surface area (Å²) in [5.41, 5.74) is 1.95. The van der Waals surface area contributed by atoms with Crippen molar-refractivity contribution < 1.29 is 9.18 Å². The molecule has 1 unspecified atom stereocenters. The van der Waals surface area contributed by atoms with E-state index >= 15 is 0 Å². The Kier molecular flexibility index (Phi) is 9.56. The summed E-state index contributed by atoms with van der Waals surface area (Å²) in [5, 5.41) is 3.28. The average molecular weight is 434 g/mol. The summed E-state index contributed by atoms with van der Waals surface area (Å²) in [6, 6.07) is 6.14. The molecule has 2 aromatic rings. The Labute approximate surface area is 182 Å². The Bertz CT molecular complexity index is 897. The molecular weight excluding hydrogens is 401 g/mol. The topological polar surface area (TPSA) is 64.0 Å². The number of hydrogen-bond acceptors (Lipinski definition) is 4. The lowest BCUT2D eigenvalue weighted by Gasteiger charge is -2.18. The van der Waals surface area contributed by atoms with Crippen LogP contribution in [0.3, 0.4) is 0 Å². The van der Waals surface area contributed by atoms with Gasteiger partial charge in [0.2, 0.25) is 5.91 Å². The number of unbranched alkanes of at least 4 members (excludes halogenated alkanes) is 2. The second-order valence-electron chi connectivity index (χ2n) is 7.52. The van der Waals surface area contributed by atoms with Crippen LogP contribution >= 0.6 is 11.8 Å². The first-order chi connectivity index (χ1) is 14.4. The third-order valence-electron chi connectivity index (χ3n) is 5.01. The van der Waals surface area contributed by atoms with Crippen molar-refractivity contribution >= 4 is 17.7 Å². The summed E-state index contributed by atoms with van der Waals surface area (Å²) < 4.78 is 14.7. The number of rotatable bonds is 11. The van der Waals surface area contributed by atoms with Gasteiger partial charge in [0.05, 0.1) is 5.25 Å². The highest BCUT2D eigenvalue weighted by atomic mass is 32.2. The minimum absolute atomic E-state index is 0.000226. The van der Waals surface area contributed by atoms with Gasteiger partial charge < -0.3 is 5.32 Å². The van der Waals surface area contributed by atoms with Crippen LogP contribution in [0.4, 0.5) is 4.39 Å². The van der Waals surface area contributed by atoms with Crippen molar-refractivity contribution in [3.63, 3.8) is 0 Å². The van der Waals surface area contributed by atoms with E-state index < -0.39 is 0 Å². The highest BCUT2D eigenvalue weighted by molar-refractivity contribution is 8.00. The zero-order chi connectivity index (χ0) is 22.1. The largest absolute Gasteiger partial charge is 0.355 e. The lowest BCUT2D eigenvalue weighted by atomic mass is 10.1. The van der Waals surface area contributed by atoms with Gasteiger partial charge in [0.25, 0.3) is 5.56 Å². The van der Waals surface area contributed by atoms with E-state index in [2.05, 4.69) is 17.2 Å². The molecule has 1 heterocycles. The molecule has 1 amide bonds. The quantitative estimate of drug-likeness (QED) is 0.324. The molecule has 5 nitrogen and oxygen atoms in total. The monoisotopic (exact) mass is 433 g/mol. The number of nitrogens with zero attached hydrogens (tertiary/aromatic N) is 2. The van der Waals surface area contributed by atoms with Gasteiger partial charge >= 0.3 is 0 Å². The molecule has 1 aromatic carbocycles. The third kappa shape index (κ3) is 6.69. The molecule has 164 valence electrons. The Morgan fingerprint density at radius 1 is 1.20 bits per heavy atom. The highest BCUT2D eigenvalue weighted by Gasteiger charge is 2.22. The number of benzene rings is 1. The zero-order valence-electron chi connectivity index (χ0n) is 18.3. The van der Waals surface area contributed by atoms with E-state index in [-0.39, 0.29) is 22.5 Å². The second-order valence-corrected chi connectivity index (χ2v) is 8.69. The molecule has 7 heteroatoms. The van der Waals surface area contributed by atoms with Crippen LogP contribution in [0, 0.1) is 12.7 Å². The molecule has 0 aliphatic heterocycles. The summed E-state index contributed by atoms with van der Waals surface area (Å²) in [4.78, 5) is 30.2. The van der Waals surface area contributed by atoms with Gasteiger partial charge in [0, 0.05) is 31.3 Å². The lowest BCUT2D eigenvalue weighted by Crippen LogP contribution is -2.34.